The van der Waals surface area contributed by atoms with E-state index < -0.39 is 10.0 Å². The van der Waals surface area contributed by atoms with Crippen molar-refractivity contribution >= 4 is 21.8 Å². The molecule has 0 N–H and O–H groups in total. The van der Waals surface area contributed by atoms with Crippen molar-refractivity contribution in [3.05, 3.63) is 54.4 Å². The van der Waals surface area contributed by atoms with E-state index >= 15 is 0 Å². The Balaban J connectivity index is 1.61. The predicted molar refractivity (Wildman–Crippen MR) is 113 cm³/mol. The number of nitrogens with zero attached hydrogens (tertiary/aromatic N) is 5. The molecule has 1 aromatic carbocycles. The van der Waals surface area contributed by atoms with Crippen LogP contribution < -0.4 is 0 Å². The molecule has 0 amide bonds. The molecular formula is C20H23N5O2S2. The van der Waals surface area contributed by atoms with Gasteiger partial charge in [0.2, 0.25) is 10.0 Å². The number of rotatable bonds is 7. The Kier molecular flexibility index (Phi) is 5.98. The Labute approximate surface area is 175 Å². The molecule has 0 bridgehead atoms. The van der Waals surface area contributed by atoms with Crippen molar-refractivity contribution in [2.75, 3.05) is 13.1 Å². The van der Waals surface area contributed by atoms with Gasteiger partial charge in [-0.15, -0.1) is 10.2 Å². The van der Waals surface area contributed by atoms with Gasteiger partial charge in [-0.05, 0) is 43.5 Å². The lowest BCUT2D eigenvalue weighted by molar-refractivity contribution is 0.477. The molecule has 2 aromatic heterocycles. The highest BCUT2D eigenvalue weighted by molar-refractivity contribution is 7.98. The second kappa shape index (κ2) is 8.64. The van der Waals surface area contributed by atoms with Crippen molar-refractivity contribution in [2.45, 2.75) is 42.1 Å². The van der Waals surface area contributed by atoms with Gasteiger partial charge >= 0.3 is 0 Å². The number of aromatic nitrogens is 4. The second-order valence-corrected chi connectivity index (χ2v) is 9.72. The molecule has 0 radical (unpaired) electrons. The molecule has 9 heteroatoms. The molecule has 3 heterocycles. The maximum absolute atomic E-state index is 12.9. The molecule has 0 spiro atoms. The first kappa shape index (κ1) is 20.1. The SMILES string of the molecule is CCn1c(SCc2cccnc2)nnc1-c1cccc(S(=O)(=O)N2CCCC2)c1. The second-order valence-electron chi connectivity index (χ2n) is 6.84. The smallest absolute Gasteiger partial charge is 0.243 e. The Morgan fingerprint density at radius 3 is 2.66 bits per heavy atom. The monoisotopic (exact) mass is 429 g/mol. The summed E-state index contributed by atoms with van der Waals surface area (Å²) in [7, 11) is -3.46. The molecule has 0 saturated carbocycles. The Bertz CT molecular complexity index is 1080. The minimum Gasteiger partial charge on any atom is -0.302 e. The fourth-order valence-corrected chi connectivity index (χ4v) is 5.90. The molecule has 1 aliphatic heterocycles. The molecule has 0 unspecified atom stereocenters. The number of thioether (sulfide) groups is 1. The molecular weight excluding hydrogens is 406 g/mol. The van der Waals surface area contributed by atoms with E-state index in [-0.39, 0.29) is 0 Å². The van der Waals surface area contributed by atoms with Crippen molar-refractivity contribution in [2.24, 2.45) is 0 Å². The molecule has 29 heavy (non-hydrogen) atoms. The lowest BCUT2D eigenvalue weighted by atomic mass is 10.2. The van der Waals surface area contributed by atoms with Gasteiger partial charge < -0.3 is 4.57 Å². The van der Waals surface area contributed by atoms with E-state index in [0.717, 1.165) is 34.9 Å². The fourth-order valence-electron chi connectivity index (χ4n) is 3.40. The maximum atomic E-state index is 12.9. The standard InChI is InChI=1S/C20H23N5O2S2/c1-2-25-19(22-23-20(25)28-15-16-7-6-10-21-14-16)17-8-5-9-18(13-17)29(26,27)24-11-3-4-12-24/h5-10,13-14H,2-4,11-12,15H2,1H3. The van der Waals surface area contributed by atoms with Gasteiger partial charge in [-0.25, -0.2) is 8.42 Å². The van der Waals surface area contributed by atoms with Crippen molar-refractivity contribution in [3.8, 4) is 11.4 Å². The predicted octanol–water partition coefficient (Wildman–Crippen LogP) is 3.44. The zero-order valence-corrected chi connectivity index (χ0v) is 17.9. The summed E-state index contributed by atoms with van der Waals surface area (Å²) in [5, 5.41) is 9.51. The van der Waals surface area contributed by atoms with E-state index in [4.69, 9.17) is 0 Å². The summed E-state index contributed by atoms with van der Waals surface area (Å²) in [6, 6.07) is 11.0. The van der Waals surface area contributed by atoms with E-state index in [2.05, 4.69) is 15.2 Å². The summed E-state index contributed by atoms with van der Waals surface area (Å²) in [5.41, 5.74) is 1.87. The van der Waals surface area contributed by atoms with Crippen LogP contribution in [0.15, 0.2) is 58.8 Å². The molecule has 3 aromatic rings. The van der Waals surface area contributed by atoms with E-state index in [1.54, 1.807) is 40.5 Å². The summed E-state index contributed by atoms with van der Waals surface area (Å²) in [6.07, 6.45) is 5.43. The van der Waals surface area contributed by atoms with Gasteiger partial charge in [0, 0.05) is 43.3 Å². The fraction of sp³-hybridized carbons (Fsp3) is 0.350. The zero-order valence-electron chi connectivity index (χ0n) is 16.2. The summed E-state index contributed by atoms with van der Waals surface area (Å²) >= 11 is 1.59. The van der Waals surface area contributed by atoms with Crippen molar-refractivity contribution in [3.63, 3.8) is 0 Å². The Hall–Kier alpha value is -2.23. The van der Waals surface area contributed by atoms with Crippen LogP contribution >= 0.6 is 11.8 Å². The molecule has 152 valence electrons. The van der Waals surface area contributed by atoms with Crippen LogP contribution in [0.1, 0.15) is 25.3 Å². The van der Waals surface area contributed by atoms with Crippen LogP contribution in [-0.4, -0.2) is 45.6 Å². The molecule has 1 saturated heterocycles. The van der Waals surface area contributed by atoms with E-state index in [0.29, 0.717) is 30.4 Å². The van der Waals surface area contributed by atoms with Crippen LogP contribution in [0.2, 0.25) is 0 Å². The first-order valence-electron chi connectivity index (χ1n) is 9.65. The quantitative estimate of drug-likeness (QED) is 0.535. The van der Waals surface area contributed by atoms with Gasteiger partial charge in [-0.1, -0.05) is 30.0 Å². The summed E-state index contributed by atoms with van der Waals surface area (Å²) in [6.45, 7) is 3.91. The van der Waals surface area contributed by atoms with E-state index in [1.165, 1.54) is 0 Å². The number of hydrogen-bond donors (Lipinski definition) is 0. The van der Waals surface area contributed by atoms with Gasteiger partial charge in [-0.2, -0.15) is 4.31 Å². The highest BCUT2D eigenvalue weighted by Gasteiger charge is 2.27. The highest BCUT2D eigenvalue weighted by Crippen LogP contribution is 2.29. The van der Waals surface area contributed by atoms with Gasteiger partial charge in [-0.3, -0.25) is 4.98 Å². The van der Waals surface area contributed by atoms with Gasteiger partial charge in [0.15, 0.2) is 11.0 Å². The van der Waals surface area contributed by atoms with Crippen molar-refractivity contribution < 1.29 is 8.42 Å². The maximum Gasteiger partial charge on any atom is 0.243 e. The largest absolute Gasteiger partial charge is 0.302 e. The average Bonchev–Trinajstić information content (AvgIpc) is 3.43. The zero-order chi connectivity index (χ0) is 20.3. The average molecular weight is 430 g/mol. The topological polar surface area (TPSA) is 81.0 Å². The number of benzene rings is 1. The van der Waals surface area contributed by atoms with Gasteiger partial charge in [0.1, 0.15) is 0 Å². The molecule has 4 rings (SSSR count). The third-order valence-corrected chi connectivity index (χ3v) is 7.85. The van der Waals surface area contributed by atoms with Crippen LogP contribution in [0.5, 0.6) is 0 Å². The normalized spacial score (nSPS) is 15.1. The number of hydrogen-bond acceptors (Lipinski definition) is 6. The molecule has 0 atom stereocenters. The number of pyridine rings is 1. The first-order valence-corrected chi connectivity index (χ1v) is 12.1. The van der Waals surface area contributed by atoms with E-state index in [9.17, 15) is 8.42 Å². The third kappa shape index (κ3) is 4.22. The highest BCUT2D eigenvalue weighted by atomic mass is 32.2. The van der Waals surface area contributed by atoms with Crippen LogP contribution in [0.25, 0.3) is 11.4 Å². The molecule has 7 nitrogen and oxygen atoms in total. The van der Waals surface area contributed by atoms with Crippen LogP contribution in [0.4, 0.5) is 0 Å². The lowest BCUT2D eigenvalue weighted by Gasteiger charge is -2.16. The third-order valence-electron chi connectivity index (χ3n) is 4.92. The van der Waals surface area contributed by atoms with Crippen LogP contribution in [0.3, 0.4) is 0 Å². The van der Waals surface area contributed by atoms with Crippen molar-refractivity contribution in [1.82, 2.24) is 24.1 Å². The van der Waals surface area contributed by atoms with Crippen LogP contribution in [-0.2, 0) is 22.3 Å². The summed E-state index contributed by atoms with van der Waals surface area (Å²) in [5.74, 6) is 1.43. The molecule has 1 aliphatic rings. The van der Waals surface area contributed by atoms with E-state index in [1.807, 2.05) is 35.9 Å². The minimum atomic E-state index is -3.46. The minimum absolute atomic E-state index is 0.312. The summed E-state index contributed by atoms with van der Waals surface area (Å²) in [4.78, 5) is 4.45. The van der Waals surface area contributed by atoms with Gasteiger partial charge in [0.25, 0.3) is 0 Å². The molecule has 1 fully saturated rings. The Morgan fingerprint density at radius 2 is 1.93 bits per heavy atom. The lowest BCUT2D eigenvalue weighted by Crippen LogP contribution is -2.27. The number of sulfonamides is 1. The molecule has 0 aliphatic carbocycles. The van der Waals surface area contributed by atoms with Gasteiger partial charge in [0.05, 0.1) is 4.90 Å². The van der Waals surface area contributed by atoms with Crippen LogP contribution in [0, 0.1) is 0 Å². The Morgan fingerprint density at radius 1 is 1.10 bits per heavy atom. The summed E-state index contributed by atoms with van der Waals surface area (Å²) < 4.78 is 29.4. The van der Waals surface area contributed by atoms with Crippen molar-refractivity contribution in [1.29, 1.82) is 0 Å². The first-order chi connectivity index (χ1) is 14.1.